The Labute approximate surface area is 277 Å². The van der Waals surface area contributed by atoms with Crippen LogP contribution in [-0.2, 0) is 32.6 Å². The lowest BCUT2D eigenvalue weighted by Crippen LogP contribution is -2.53. The molecule has 4 rings (SSSR count). The highest BCUT2D eigenvalue weighted by Gasteiger charge is 2.35. The lowest BCUT2D eigenvalue weighted by Gasteiger charge is -2.34. The normalized spacial score (nSPS) is 11.9. The predicted octanol–water partition coefficient (Wildman–Crippen LogP) is 7.04. The molecule has 0 unspecified atom stereocenters. The number of carbonyl (C=O) groups is 2. The molecule has 0 saturated heterocycles. The van der Waals surface area contributed by atoms with Gasteiger partial charge in [0, 0.05) is 39.6 Å². The van der Waals surface area contributed by atoms with E-state index in [4.69, 9.17) is 23.2 Å². The zero-order valence-electron chi connectivity index (χ0n) is 24.2. The van der Waals surface area contributed by atoms with Crippen LogP contribution in [0.5, 0.6) is 0 Å². The smallest absolute Gasteiger partial charge is 0.264 e. The molecule has 0 fully saturated rings. The molecule has 4 aromatic rings. The maximum Gasteiger partial charge on any atom is 0.264 e. The summed E-state index contributed by atoms with van der Waals surface area (Å²) in [5, 5.41) is 3.48. The van der Waals surface area contributed by atoms with Crippen molar-refractivity contribution < 1.29 is 18.0 Å². The molecule has 0 aromatic heterocycles. The summed E-state index contributed by atoms with van der Waals surface area (Å²) in [5.41, 5.74) is 2.45. The molecule has 0 radical (unpaired) electrons. The molecule has 4 aromatic carbocycles. The zero-order valence-corrected chi connectivity index (χ0v) is 28.1. The van der Waals surface area contributed by atoms with Crippen LogP contribution in [0.1, 0.15) is 23.6 Å². The van der Waals surface area contributed by atoms with Gasteiger partial charge < -0.3 is 10.2 Å². The van der Waals surface area contributed by atoms with Crippen molar-refractivity contribution in [2.45, 2.75) is 37.8 Å². The Balaban J connectivity index is 1.82. The van der Waals surface area contributed by atoms with E-state index in [1.165, 1.54) is 17.0 Å². The highest BCUT2D eigenvalue weighted by molar-refractivity contribution is 9.10. The van der Waals surface area contributed by atoms with E-state index in [0.717, 1.165) is 19.9 Å². The van der Waals surface area contributed by atoms with Crippen molar-refractivity contribution in [2.75, 3.05) is 17.4 Å². The number of hydrogen-bond donors (Lipinski definition) is 1. The Kier molecular flexibility index (Phi) is 11.5. The number of nitrogens with one attached hydrogen (secondary N) is 1. The maximum atomic E-state index is 14.4. The number of carbonyl (C=O) groups excluding carboxylic acids is 2. The summed E-state index contributed by atoms with van der Waals surface area (Å²) in [5.74, 6) is -0.990. The molecule has 0 saturated carbocycles. The molecular weight excluding hydrogens is 685 g/mol. The summed E-state index contributed by atoms with van der Waals surface area (Å²) in [6, 6.07) is 26.4. The van der Waals surface area contributed by atoms with E-state index in [-0.39, 0.29) is 29.5 Å². The van der Waals surface area contributed by atoms with Crippen LogP contribution in [-0.4, -0.2) is 44.3 Å². The summed E-state index contributed by atoms with van der Waals surface area (Å²) in [7, 11) is -4.20. The van der Waals surface area contributed by atoms with Gasteiger partial charge in [-0.15, -0.1) is 0 Å². The predicted molar refractivity (Wildman–Crippen MR) is 179 cm³/mol. The minimum atomic E-state index is -4.20. The van der Waals surface area contributed by atoms with Crippen LogP contribution in [0.4, 0.5) is 5.69 Å². The highest BCUT2D eigenvalue weighted by atomic mass is 79.9. The first-order valence-corrected chi connectivity index (χ1v) is 16.9. The third-order valence-corrected chi connectivity index (χ3v) is 10.0. The second-order valence-electron chi connectivity index (χ2n) is 10.1. The number of halogens is 3. The Morgan fingerprint density at radius 2 is 1.48 bits per heavy atom. The highest BCUT2D eigenvalue weighted by Crippen LogP contribution is 2.29. The third kappa shape index (κ3) is 8.21. The molecule has 7 nitrogen and oxygen atoms in total. The molecule has 0 heterocycles. The molecule has 11 heteroatoms. The fourth-order valence-corrected chi connectivity index (χ4v) is 6.87. The van der Waals surface area contributed by atoms with E-state index >= 15 is 0 Å². The second-order valence-corrected chi connectivity index (χ2v) is 13.7. The van der Waals surface area contributed by atoms with Gasteiger partial charge >= 0.3 is 0 Å². The van der Waals surface area contributed by atoms with Gasteiger partial charge in [0.2, 0.25) is 11.8 Å². The summed E-state index contributed by atoms with van der Waals surface area (Å²) >= 11 is 16.5. The molecular formula is C33H32BrCl2N3O4S. The maximum absolute atomic E-state index is 14.4. The lowest BCUT2D eigenvalue weighted by molar-refractivity contribution is -0.140. The number of amides is 2. The number of aryl methyl sites for hydroxylation is 1. The molecule has 0 spiro atoms. The van der Waals surface area contributed by atoms with Gasteiger partial charge in [0.1, 0.15) is 12.6 Å². The van der Waals surface area contributed by atoms with E-state index in [1.807, 2.05) is 37.3 Å². The largest absolute Gasteiger partial charge is 0.355 e. The van der Waals surface area contributed by atoms with Crippen molar-refractivity contribution in [1.29, 1.82) is 0 Å². The van der Waals surface area contributed by atoms with E-state index in [2.05, 4.69) is 21.2 Å². The van der Waals surface area contributed by atoms with E-state index in [9.17, 15) is 18.0 Å². The lowest BCUT2D eigenvalue weighted by atomic mass is 10.0. The van der Waals surface area contributed by atoms with Crippen LogP contribution in [0, 0.1) is 6.92 Å². The molecule has 44 heavy (non-hydrogen) atoms. The first-order chi connectivity index (χ1) is 21.0. The number of sulfonamides is 1. The number of hydrogen-bond acceptors (Lipinski definition) is 4. The molecule has 1 N–H and O–H groups in total. The molecule has 2 amide bonds. The first-order valence-electron chi connectivity index (χ1n) is 13.9. The minimum Gasteiger partial charge on any atom is -0.355 e. The monoisotopic (exact) mass is 715 g/mol. The molecule has 0 aliphatic rings. The van der Waals surface area contributed by atoms with Gasteiger partial charge in [-0.3, -0.25) is 13.9 Å². The van der Waals surface area contributed by atoms with Crippen LogP contribution in [0.3, 0.4) is 0 Å². The molecule has 230 valence electrons. The fourth-order valence-electron chi connectivity index (χ4n) is 4.67. The standard InChI is InChI=1S/C33H32BrCl2N3O4S/c1-3-37-33(41)31(20-24-8-5-4-6-9-24)38(21-28-29(35)10-7-11-30(28)36)32(40)22-39(26-16-14-25(34)15-17-26)44(42,43)27-18-12-23(2)13-19-27/h4-19,31H,3,20-22H2,1-2H3,(H,37,41)/t31-/m0/s1. The van der Waals surface area contributed by atoms with Crippen LogP contribution in [0.15, 0.2) is 106 Å². The van der Waals surface area contributed by atoms with Gasteiger partial charge in [-0.25, -0.2) is 8.42 Å². The average Bonchev–Trinajstić information content (AvgIpc) is 3.00. The molecule has 0 aliphatic carbocycles. The first kappa shape index (κ1) is 33.5. The van der Waals surface area contributed by atoms with Crippen molar-refractivity contribution in [3.8, 4) is 0 Å². The van der Waals surface area contributed by atoms with Gasteiger partial charge in [-0.2, -0.15) is 0 Å². The Hall–Kier alpha value is -3.37. The van der Waals surface area contributed by atoms with Crippen molar-refractivity contribution in [1.82, 2.24) is 10.2 Å². The van der Waals surface area contributed by atoms with Gasteiger partial charge in [-0.1, -0.05) is 93.2 Å². The van der Waals surface area contributed by atoms with Crippen LogP contribution >= 0.6 is 39.1 Å². The number of benzene rings is 4. The molecule has 0 bridgehead atoms. The average molecular weight is 718 g/mol. The Bertz CT molecular complexity index is 1680. The Morgan fingerprint density at radius 3 is 2.07 bits per heavy atom. The van der Waals surface area contributed by atoms with Crippen LogP contribution in [0.2, 0.25) is 10.0 Å². The van der Waals surface area contributed by atoms with Crippen molar-refractivity contribution in [3.63, 3.8) is 0 Å². The third-order valence-electron chi connectivity index (χ3n) is 7.01. The number of likely N-dealkylation sites (N-methyl/N-ethyl adjacent to an activating group) is 1. The van der Waals surface area contributed by atoms with Gasteiger partial charge in [0.15, 0.2) is 0 Å². The fraction of sp³-hybridized carbons (Fsp3) is 0.212. The molecule has 0 aliphatic heterocycles. The SMILES string of the molecule is CCNC(=O)[C@H](Cc1ccccc1)N(Cc1c(Cl)cccc1Cl)C(=O)CN(c1ccc(Br)cc1)S(=O)(=O)c1ccc(C)cc1. The summed E-state index contributed by atoms with van der Waals surface area (Å²) in [6.07, 6.45) is 0.184. The molecule has 1 atom stereocenters. The van der Waals surface area contributed by atoms with Gasteiger partial charge in [0.25, 0.3) is 10.0 Å². The van der Waals surface area contributed by atoms with E-state index in [1.54, 1.807) is 61.5 Å². The Morgan fingerprint density at radius 1 is 0.864 bits per heavy atom. The number of anilines is 1. The van der Waals surface area contributed by atoms with Gasteiger partial charge in [-0.05, 0) is 67.9 Å². The summed E-state index contributed by atoms with van der Waals surface area (Å²) < 4.78 is 30.0. The van der Waals surface area contributed by atoms with E-state index < -0.39 is 28.5 Å². The zero-order chi connectivity index (χ0) is 31.9. The van der Waals surface area contributed by atoms with Crippen molar-refractivity contribution >= 4 is 66.7 Å². The number of rotatable bonds is 12. The number of nitrogens with zero attached hydrogens (tertiary/aromatic N) is 2. The topological polar surface area (TPSA) is 86.8 Å². The van der Waals surface area contributed by atoms with Crippen LogP contribution in [0.25, 0.3) is 0 Å². The van der Waals surface area contributed by atoms with E-state index in [0.29, 0.717) is 22.2 Å². The second kappa shape index (κ2) is 15.1. The van der Waals surface area contributed by atoms with Crippen molar-refractivity contribution in [2.24, 2.45) is 0 Å². The minimum absolute atomic E-state index is 0.0316. The quantitative estimate of drug-likeness (QED) is 0.171. The van der Waals surface area contributed by atoms with Crippen molar-refractivity contribution in [3.05, 3.63) is 128 Å². The summed E-state index contributed by atoms with van der Waals surface area (Å²) in [6.45, 7) is 3.29. The van der Waals surface area contributed by atoms with Gasteiger partial charge in [0.05, 0.1) is 10.6 Å². The van der Waals surface area contributed by atoms with Crippen LogP contribution < -0.4 is 9.62 Å². The summed E-state index contributed by atoms with van der Waals surface area (Å²) in [4.78, 5) is 29.4.